The first kappa shape index (κ1) is 14.9. The van der Waals surface area contributed by atoms with Crippen molar-refractivity contribution >= 4 is 24.2 Å². The van der Waals surface area contributed by atoms with Crippen molar-refractivity contribution in [1.29, 1.82) is 0 Å². The molecule has 16 heavy (non-hydrogen) atoms. The molecule has 0 bridgehead atoms. The lowest BCUT2D eigenvalue weighted by Crippen LogP contribution is -2.24. The molecule has 1 heterocycles. The molecular formula is C10H17ClN2O3. The zero-order valence-corrected chi connectivity index (χ0v) is 10.1. The first-order valence-corrected chi connectivity index (χ1v) is 5.16. The Balaban J connectivity index is 0.00000225. The number of hydrogen-bond donors (Lipinski definition) is 2. The van der Waals surface area contributed by atoms with Crippen LogP contribution in [-0.2, 0) is 14.4 Å². The van der Waals surface area contributed by atoms with Gasteiger partial charge in [0, 0.05) is 0 Å². The van der Waals surface area contributed by atoms with Gasteiger partial charge in [-0.1, -0.05) is 26.2 Å². The number of hydrogen-bond acceptors (Lipinski definition) is 4. The molecular weight excluding hydrogens is 232 g/mol. The summed E-state index contributed by atoms with van der Waals surface area (Å²) >= 11 is 0. The zero-order valence-electron chi connectivity index (χ0n) is 9.25. The Morgan fingerprint density at radius 1 is 1.19 bits per heavy atom. The smallest absolute Gasteiger partial charge is 0.296 e. The van der Waals surface area contributed by atoms with Gasteiger partial charge in [-0.25, -0.2) is 0 Å². The first-order chi connectivity index (χ1) is 7.20. The van der Waals surface area contributed by atoms with Crippen LogP contribution >= 0.6 is 12.4 Å². The van der Waals surface area contributed by atoms with E-state index in [2.05, 4.69) is 17.1 Å². The SMILES string of the molecule is CCCCCCC1=C(ON)C(=O)NC1=O.Cl. The molecule has 0 spiro atoms. The third kappa shape index (κ3) is 3.50. The minimum absolute atomic E-state index is 0. The molecule has 6 heteroatoms. The number of imide groups is 1. The fourth-order valence-corrected chi connectivity index (χ4v) is 1.56. The van der Waals surface area contributed by atoms with Gasteiger partial charge in [0.1, 0.15) is 0 Å². The summed E-state index contributed by atoms with van der Waals surface area (Å²) in [5.41, 5.74) is 0.374. The predicted octanol–water partition coefficient (Wildman–Crippen LogP) is 1.18. The van der Waals surface area contributed by atoms with Crippen LogP contribution in [0.2, 0.25) is 0 Å². The van der Waals surface area contributed by atoms with E-state index in [1.807, 2.05) is 0 Å². The van der Waals surface area contributed by atoms with E-state index in [-0.39, 0.29) is 24.1 Å². The molecule has 0 fully saturated rings. The fraction of sp³-hybridized carbons (Fsp3) is 0.600. The zero-order chi connectivity index (χ0) is 11.3. The number of nitrogens with one attached hydrogen (secondary N) is 1. The molecule has 2 amide bonds. The third-order valence-corrected chi connectivity index (χ3v) is 2.38. The van der Waals surface area contributed by atoms with Gasteiger partial charge in [-0.3, -0.25) is 14.9 Å². The van der Waals surface area contributed by atoms with E-state index in [0.717, 1.165) is 25.7 Å². The van der Waals surface area contributed by atoms with Crippen molar-refractivity contribution in [3.05, 3.63) is 11.3 Å². The normalized spacial score (nSPS) is 14.9. The van der Waals surface area contributed by atoms with Crippen LogP contribution in [0.25, 0.3) is 0 Å². The highest BCUT2D eigenvalue weighted by molar-refractivity contribution is 6.18. The standard InChI is InChI=1S/C10H16N2O3.ClH/c1-2-3-4-5-6-7-8(15-11)10(14)12-9(7)13;/h2-6,11H2,1H3,(H,12,13,14);1H. The van der Waals surface area contributed by atoms with E-state index in [1.54, 1.807) is 0 Å². The summed E-state index contributed by atoms with van der Waals surface area (Å²) in [6.07, 6.45) is 4.71. The average molecular weight is 249 g/mol. The molecule has 0 aromatic rings. The van der Waals surface area contributed by atoms with E-state index in [1.165, 1.54) is 0 Å². The Morgan fingerprint density at radius 3 is 2.44 bits per heavy atom. The third-order valence-electron chi connectivity index (χ3n) is 2.38. The summed E-state index contributed by atoms with van der Waals surface area (Å²) in [5, 5.41) is 2.15. The monoisotopic (exact) mass is 248 g/mol. The minimum Gasteiger partial charge on any atom is -0.405 e. The molecule has 1 rings (SSSR count). The van der Waals surface area contributed by atoms with Crippen molar-refractivity contribution in [1.82, 2.24) is 5.32 Å². The second kappa shape index (κ2) is 7.24. The van der Waals surface area contributed by atoms with Gasteiger partial charge in [0.05, 0.1) is 5.57 Å². The number of rotatable bonds is 6. The Labute approximate surface area is 101 Å². The molecule has 1 aliphatic rings. The summed E-state index contributed by atoms with van der Waals surface area (Å²) in [4.78, 5) is 26.8. The Morgan fingerprint density at radius 2 is 1.88 bits per heavy atom. The molecule has 0 radical (unpaired) electrons. The number of halogens is 1. The van der Waals surface area contributed by atoms with E-state index < -0.39 is 5.91 Å². The van der Waals surface area contributed by atoms with E-state index in [0.29, 0.717) is 12.0 Å². The molecule has 92 valence electrons. The van der Waals surface area contributed by atoms with Crippen LogP contribution in [0.4, 0.5) is 0 Å². The van der Waals surface area contributed by atoms with E-state index in [9.17, 15) is 9.59 Å². The lowest BCUT2D eigenvalue weighted by Gasteiger charge is -2.01. The minimum atomic E-state index is -0.534. The number of carbonyl (C=O) groups is 2. The lowest BCUT2D eigenvalue weighted by molar-refractivity contribution is -0.125. The van der Waals surface area contributed by atoms with Gasteiger partial charge >= 0.3 is 0 Å². The van der Waals surface area contributed by atoms with Crippen LogP contribution in [0.3, 0.4) is 0 Å². The largest absolute Gasteiger partial charge is 0.405 e. The van der Waals surface area contributed by atoms with Crippen LogP contribution in [0.15, 0.2) is 11.3 Å². The topological polar surface area (TPSA) is 81.4 Å². The van der Waals surface area contributed by atoms with Crippen LogP contribution in [0.1, 0.15) is 39.0 Å². The van der Waals surface area contributed by atoms with Gasteiger partial charge < -0.3 is 4.84 Å². The second-order valence-electron chi connectivity index (χ2n) is 3.52. The summed E-state index contributed by atoms with van der Waals surface area (Å²) in [7, 11) is 0. The van der Waals surface area contributed by atoms with Crippen molar-refractivity contribution < 1.29 is 14.4 Å². The van der Waals surface area contributed by atoms with Crippen molar-refractivity contribution in [3.8, 4) is 0 Å². The molecule has 0 aromatic heterocycles. The first-order valence-electron chi connectivity index (χ1n) is 5.16. The van der Waals surface area contributed by atoms with Gasteiger partial charge in [-0.05, 0) is 12.8 Å². The Bertz CT molecular complexity index is 302. The molecule has 0 saturated carbocycles. The molecule has 3 N–H and O–H groups in total. The van der Waals surface area contributed by atoms with Gasteiger partial charge in [0.25, 0.3) is 11.8 Å². The average Bonchev–Trinajstić information content (AvgIpc) is 2.48. The lowest BCUT2D eigenvalue weighted by atomic mass is 10.1. The summed E-state index contributed by atoms with van der Waals surface area (Å²) in [5.74, 6) is 3.99. The van der Waals surface area contributed by atoms with Gasteiger partial charge in [0.15, 0.2) is 0 Å². The van der Waals surface area contributed by atoms with Gasteiger partial charge in [0.2, 0.25) is 5.76 Å². The highest BCUT2D eigenvalue weighted by Crippen LogP contribution is 2.19. The van der Waals surface area contributed by atoms with Crippen LogP contribution in [0, 0.1) is 0 Å². The number of unbranched alkanes of at least 4 members (excludes halogenated alkanes) is 3. The molecule has 5 nitrogen and oxygen atoms in total. The number of nitrogens with two attached hydrogens (primary N) is 1. The van der Waals surface area contributed by atoms with Crippen LogP contribution in [0.5, 0.6) is 0 Å². The maximum atomic E-state index is 11.3. The maximum Gasteiger partial charge on any atom is 0.296 e. The van der Waals surface area contributed by atoms with Crippen molar-refractivity contribution in [2.45, 2.75) is 39.0 Å². The van der Waals surface area contributed by atoms with Crippen molar-refractivity contribution in [2.75, 3.05) is 0 Å². The summed E-state index contributed by atoms with van der Waals surface area (Å²) in [6, 6.07) is 0. The highest BCUT2D eigenvalue weighted by Gasteiger charge is 2.31. The second-order valence-corrected chi connectivity index (χ2v) is 3.52. The Hall–Kier alpha value is -1.07. The molecule has 0 saturated heterocycles. The van der Waals surface area contributed by atoms with E-state index in [4.69, 9.17) is 5.90 Å². The quantitative estimate of drug-likeness (QED) is 0.420. The molecule has 0 atom stereocenters. The molecule has 0 aliphatic carbocycles. The summed E-state index contributed by atoms with van der Waals surface area (Å²) < 4.78 is 0. The molecule has 1 aliphatic heterocycles. The maximum absolute atomic E-state index is 11.3. The van der Waals surface area contributed by atoms with Crippen molar-refractivity contribution in [3.63, 3.8) is 0 Å². The fourth-order valence-electron chi connectivity index (χ4n) is 1.56. The van der Waals surface area contributed by atoms with Gasteiger partial charge in [-0.2, -0.15) is 5.90 Å². The molecule has 0 unspecified atom stereocenters. The Kier molecular flexibility index (Phi) is 6.76. The summed E-state index contributed by atoms with van der Waals surface area (Å²) in [6.45, 7) is 2.11. The number of amides is 2. The predicted molar refractivity (Wildman–Crippen MR) is 61.5 cm³/mol. The van der Waals surface area contributed by atoms with Crippen LogP contribution < -0.4 is 11.2 Å². The highest BCUT2D eigenvalue weighted by atomic mass is 35.5. The number of carbonyl (C=O) groups excluding carboxylic acids is 2. The van der Waals surface area contributed by atoms with E-state index >= 15 is 0 Å². The van der Waals surface area contributed by atoms with Crippen molar-refractivity contribution in [2.24, 2.45) is 5.90 Å². The molecule has 0 aromatic carbocycles. The van der Waals surface area contributed by atoms with Crippen LogP contribution in [-0.4, -0.2) is 11.8 Å². The van der Waals surface area contributed by atoms with Gasteiger partial charge in [-0.15, -0.1) is 12.4 Å².